The average Bonchev–Trinajstić information content (AvgIpc) is 2.87. The van der Waals surface area contributed by atoms with Gasteiger partial charge in [0, 0.05) is 30.1 Å². The molecule has 0 aliphatic rings. The molecule has 1 aromatic heterocycles. The molecule has 1 aromatic carbocycles. The second-order valence-corrected chi connectivity index (χ2v) is 5.76. The first-order valence-corrected chi connectivity index (χ1v) is 7.78. The van der Waals surface area contributed by atoms with Gasteiger partial charge in [0.2, 0.25) is 0 Å². The van der Waals surface area contributed by atoms with E-state index in [1.54, 1.807) is 11.8 Å². The van der Waals surface area contributed by atoms with Crippen LogP contribution >= 0.6 is 11.8 Å². The van der Waals surface area contributed by atoms with Crippen molar-refractivity contribution in [2.45, 2.75) is 24.3 Å². The van der Waals surface area contributed by atoms with Crippen molar-refractivity contribution in [3.05, 3.63) is 48.3 Å². The molecule has 1 atom stereocenters. The maximum absolute atomic E-state index is 12.9. The molecule has 1 N–H and O–H groups in total. The van der Waals surface area contributed by atoms with E-state index in [-0.39, 0.29) is 11.9 Å². The Bertz CT molecular complexity index is 524. The Kier molecular flexibility index (Phi) is 5.61. The van der Waals surface area contributed by atoms with Crippen LogP contribution in [0.4, 0.5) is 4.39 Å². The molecule has 108 valence electrons. The van der Waals surface area contributed by atoms with Crippen LogP contribution in [0.25, 0.3) is 0 Å². The van der Waals surface area contributed by atoms with Crippen molar-refractivity contribution >= 4 is 11.8 Å². The van der Waals surface area contributed by atoms with Crippen LogP contribution in [0, 0.1) is 5.82 Å². The van der Waals surface area contributed by atoms with Gasteiger partial charge in [0.15, 0.2) is 0 Å². The van der Waals surface area contributed by atoms with Gasteiger partial charge >= 0.3 is 0 Å². The molecule has 0 saturated heterocycles. The van der Waals surface area contributed by atoms with E-state index in [0.717, 1.165) is 29.4 Å². The third-order valence-electron chi connectivity index (χ3n) is 3.04. The minimum atomic E-state index is -0.195. The molecular formula is C15H20FN3S. The van der Waals surface area contributed by atoms with Crippen molar-refractivity contribution in [2.24, 2.45) is 7.05 Å². The number of halogens is 1. The highest BCUT2D eigenvalue weighted by Crippen LogP contribution is 2.24. The van der Waals surface area contributed by atoms with Crippen molar-refractivity contribution in [3.8, 4) is 0 Å². The molecule has 20 heavy (non-hydrogen) atoms. The molecular weight excluding hydrogens is 273 g/mol. The van der Waals surface area contributed by atoms with Gasteiger partial charge in [0.05, 0.1) is 6.04 Å². The largest absolute Gasteiger partial charge is 0.337 e. The van der Waals surface area contributed by atoms with E-state index in [9.17, 15) is 4.39 Å². The summed E-state index contributed by atoms with van der Waals surface area (Å²) in [5, 5.41) is 3.52. The Hall–Kier alpha value is -1.33. The topological polar surface area (TPSA) is 29.9 Å². The summed E-state index contributed by atoms with van der Waals surface area (Å²) < 4.78 is 14.9. The third kappa shape index (κ3) is 4.08. The normalized spacial score (nSPS) is 12.6. The van der Waals surface area contributed by atoms with Crippen LogP contribution in [0.5, 0.6) is 0 Å². The van der Waals surface area contributed by atoms with E-state index in [2.05, 4.69) is 17.2 Å². The smallest absolute Gasteiger partial charge is 0.126 e. The van der Waals surface area contributed by atoms with Gasteiger partial charge < -0.3 is 9.88 Å². The Morgan fingerprint density at radius 1 is 1.35 bits per heavy atom. The molecule has 0 saturated carbocycles. The third-order valence-corrected chi connectivity index (χ3v) is 4.15. The first kappa shape index (κ1) is 15.1. The van der Waals surface area contributed by atoms with Crippen LogP contribution in [0.3, 0.4) is 0 Å². The summed E-state index contributed by atoms with van der Waals surface area (Å²) in [5.74, 6) is 1.71. The summed E-state index contributed by atoms with van der Waals surface area (Å²) in [7, 11) is 2.01. The lowest BCUT2D eigenvalue weighted by atomic mass is 10.3. The molecule has 0 fully saturated rings. The van der Waals surface area contributed by atoms with Crippen molar-refractivity contribution in [1.82, 2.24) is 14.9 Å². The maximum Gasteiger partial charge on any atom is 0.126 e. The zero-order valence-corrected chi connectivity index (χ0v) is 12.7. The first-order valence-electron chi connectivity index (χ1n) is 6.79. The second kappa shape index (κ2) is 7.45. The van der Waals surface area contributed by atoms with Gasteiger partial charge in [-0.2, -0.15) is 0 Å². The van der Waals surface area contributed by atoms with Crippen molar-refractivity contribution in [2.75, 3.05) is 12.3 Å². The highest BCUT2D eigenvalue weighted by molar-refractivity contribution is 7.99. The summed E-state index contributed by atoms with van der Waals surface area (Å²) in [6.45, 7) is 3.11. The van der Waals surface area contributed by atoms with Crippen molar-refractivity contribution in [1.29, 1.82) is 0 Å². The molecule has 0 aliphatic carbocycles. The predicted octanol–water partition coefficient (Wildman–Crippen LogP) is 3.39. The molecule has 1 heterocycles. The Labute approximate surface area is 123 Å². The van der Waals surface area contributed by atoms with E-state index in [4.69, 9.17) is 0 Å². The minimum Gasteiger partial charge on any atom is -0.337 e. The summed E-state index contributed by atoms with van der Waals surface area (Å²) in [4.78, 5) is 5.50. The molecule has 0 spiro atoms. The Balaban J connectivity index is 2.01. The van der Waals surface area contributed by atoms with Gasteiger partial charge in [-0.1, -0.05) is 6.92 Å². The van der Waals surface area contributed by atoms with Crippen LogP contribution in [-0.4, -0.2) is 21.8 Å². The molecule has 0 aliphatic heterocycles. The van der Waals surface area contributed by atoms with Crippen molar-refractivity contribution in [3.63, 3.8) is 0 Å². The summed E-state index contributed by atoms with van der Waals surface area (Å²) >= 11 is 1.71. The number of nitrogens with one attached hydrogen (secondary N) is 1. The molecule has 3 nitrogen and oxygen atoms in total. The average molecular weight is 293 g/mol. The zero-order valence-electron chi connectivity index (χ0n) is 11.8. The van der Waals surface area contributed by atoms with Gasteiger partial charge in [-0.05, 0) is 37.2 Å². The quantitative estimate of drug-likeness (QED) is 0.794. The zero-order chi connectivity index (χ0) is 14.4. The van der Waals surface area contributed by atoms with Crippen LogP contribution in [-0.2, 0) is 7.05 Å². The lowest BCUT2D eigenvalue weighted by Gasteiger charge is -2.18. The number of imidazole rings is 1. The molecule has 0 radical (unpaired) electrons. The second-order valence-electron chi connectivity index (χ2n) is 4.67. The molecule has 2 aromatic rings. The number of aromatic nitrogens is 2. The van der Waals surface area contributed by atoms with Gasteiger partial charge in [-0.25, -0.2) is 9.37 Å². The van der Waals surface area contributed by atoms with E-state index in [1.807, 2.05) is 36.1 Å². The van der Waals surface area contributed by atoms with Crippen LogP contribution in [0.1, 0.15) is 25.2 Å². The summed E-state index contributed by atoms with van der Waals surface area (Å²) in [6.07, 6.45) is 4.86. The fourth-order valence-electron chi connectivity index (χ4n) is 1.97. The number of hydrogen-bond acceptors (Lipinski definition) is 3. The number of thioether (sulfide) groups is 1. The van der Waals surface area contributed by atoms with Gasteiger partial charge in [-0.15, -0.1) is 11.8 Å². The molecule has 1 unspecified atom stereocenters. The van der Waals surface area contributed by atoms with Crippen LogP contribution in [0.15, 0.2) is 41.6 Å². The minimum absolute atomic E-state index is 0.195. The SMILES string of the molecule is CCCNC(CSc1ccc(F)cc1)c1nccn1C. The summed E-state index contributed by atoms with van der Waals surface area (Å²) in [6, 6.07) is 6.82. The monoisotopic (exact) mass is 293 g/mol. The number of nitrogens with zero attached hydrogens (tertiary/aromatic N) is 2. The van der Waals surface area contributed by atoms with E-state index in [1.165, 1.54) is 12.1 Å². The standard InChI is InChI=1S/C15H20FN3S/c1-3-8-17-14(15-18-9-10-19(15)2)11-20-13-6-4-12(16)5-7-13/h4-7,9-10,14,17H,3,8,11H2,1-2H3. The highest BCUT2D eigenvalue weighted by atomic mass is 32.2. The van der Waals surface area contributed by atoms with E-state index < -0.39 is 0 Å². The molecule has 5 heteroatoms. The molecule has 0 amide bonds. The fourth-order valence-corrected chi connectivity index (χ4v) is 2.92. The fraction of sp³-hybridized carbons (Fsp3) is 0.400. The predicted molar refractivity (Wildman–Crippen MR) is 81.4 cm³/mol. The lowest BCUT2D eigenvalue weighted by molar-refractivity contribution is 0.535. The number of hydrogen-bond donors (Lipinski definition) is 1. The first-order chi connectivity index (χ1) is 9.70. The lowest BCUT2D eigenvalue weighted by Crippen LogP contribution is -2.26. The van der Waals surface area contributed by atoms with Gasteiger partial charge in [-0.3, -0.25) is 0 Å². The Morgan fingerprint density at radius 3 is 2.70 bits per heavy atom. The maximum atomic E-state index is 12.9. The van der Waals surface area contributed by atoms with E-state index >= 15 is 0 Å². The Morgan fingerprint density at radius 2 is 2.10 bits per heavy atom. The molecule has 2 rings (SSSR count). The van der Waals surface area contributed by atoms with E-state index in [0.29, 0.717) is 0 Å². The van der Waals surface area contributed by atoms with Gasteiger partial charge in [0.1, 0.15) is 11.6 Å². The van der Waals surface area contributed by atoms with Crippen LogP contribution < -0.4 is 5.32 Å². The number of benzene rings is 1. The van der Waals surface area contributed by atoms with Crippen LogP contribution in [0.2, 0.25) is 0 Å². The molecule has 0 bridgehead atoms. The summed E-state index contributed by atoms with van der Waals surface area (Å²) in [5.41, 5.74) is 0. The number of rotatable bonds is 7. The highest BCUT2D eigenvalue weighted by Gasteiger charge is 2.15. The van der Waals surface area contributed by atoms with Crippen molar-refractivity contribution < 1.29 is 4.39 Å². The number of aryl methyl sites for hydroxylation is 1. The van der Waals surface area contributed by atoms with Gasteiger partial charge in [0.25, 0.3) is 0 Å².